The number of alkyl halides is 3. The molecular formula is C10H8BrF3IN3. The summed E-state index contributed by atoms with van der Waals surface area (Å²) in [5.41, 5.74) is 1.20. The topological polar surface area (TPSA) is 29.3 Å². The number of halogens is 5. The molecule has 2 aromatic rings. The minimum absolute atomic E-state index is 0.168. The van der Waals surface area contributed by atoms with E-state index in [0.29, 0.717) is 11.3 Å². The van der Waals surface area contributed by atoms with E-state index in [9.17, 15) is 13.2 Å². The Balaban J connectivity index is 2.22. The minimum atomic E-state index is -4.15. The van der Waals surface area contributed by atoms with Crippen molar-refractivity contribution in [2.75, 3.05) is 11.9 Å². The van der Waals surface area contributed by atoms with Gasteiger partial charge < -0.3 is 5.32 Å². The molecule has 0 saturated carbocycles. The van der Waals surface area contributed by atoms with Gasteiger partial charge in [-0.15, -0.1) is 0 Å². The zero-order chi connectivity index (χ0) is 13.3. The first-order valence-corrected chi connectivity index (χ1v) is 6.87. The van der Waals surface area contributed by atoms with E-state index in [1.54, 1.807) is 16.7 Å². The first-order valence-electron chi connectivity index (χ1n) is 4.99. The minimum Gasteiger partial charge on any atom is -0.382 e. The molecule has 0 aromatic carbocycles. The fourth-order valence-corrected chi connectivity index (χ4v) is 2.43. The first kappa shape index (κ1) is 13.9. The van der Waals surface area contributed by atoms with E-state index in [2.05, 4.69) is 48.8 Å². The maximum atomic E-state index is 12.1. The highest BCUT2D eigenvalue weighted by Gasteiger charge is 2.26. The van der Waals surface area contributed by atoms with Crippen molar-refractivity contribution in [2.24, 2.45) is 0 Å². The number of rotatable bonds is 3. The predicted molar refractivity (Wildman–Crippen MR) is 74.8 cm³/mol. The maximum Gasteiger partial charge on any atom is 0.390 e. The second-order valence-corrected chi connectivity index (χ2v) is 5.66. The molecule has 0 aliphatic rings. The third kappa shape index (κ3) is 3.28. The molecule has 2 aromatic heterocycles. The molecule has 0 radical (unpaired) electrons. The zero-order valence-electron chi connectivity index (χ0n) is 8.93. The number of aromatic nitrogens is 2. The molecule has 0 spiro atoms. The van der Waals surface area contributed by atoms with Gasteiger partial charge in [0.15, 0.2) is 5.65 Å². The summed E-state index contributed by atoms with van der Waals surface area (Å²) in [4.78, 5) is 4.17. The Kier molecular flexibility index (Phi) is 4.05. The molecule has 0 fully saturated rings. The average molecular weight is 434 g/mol. The maximum absolute atomic E-state index is 12.1. The van der Waals surface area contributed by atoms with E-state index in [0.717, 1.165) is 8.17 Å². The van der Waals surface area contributed by atoms with Crippen LogP contribution in [0.3, 0.4) is 0 Å². The SMILES string of the molecule is FC(F)(F)CCNc1cc(Br)cn2c(I)cnc12. The van der Waals surface area contributed by atoms with Crippen LogP contribution < -0.4 is 5.32 Å². The summed E-state index contributed by atoms with van der Waals surface area (Å²) in [6.07, 6.45) is -1.54. The van der Waals surface area contributed by atoms with E-state index in [4.69, 9.17) is 0 Å². The van der Waals surface area contributed by atoms with Crippen molar-refractivity contribution in [3.8, 4) is 0 Å². The Morgan fingerprint density at radius 3 is 2.83 bits per heavy atom. The Bertz CT molecular complexity index is 567. The van der Waals surface area contributed by atoms with Gasteiger partial charge >= 0.3 is 6.18 Å². The molecule has 0 amide bonds. The van der Waals surface area contributed by atoms with Crippen molar-refractivity contribution >= 4 is 49.9 Å². The molecule has 98 valence electrons. The average Bonchev–Trinajstić information content (AvgIpc) is 2.59. The lowest BCUT2D eigenvalue weighted by Gasteiger charge is -2.10. The van der Waals surface area contributed by atoms with E-state index in [1.807, 2.05) is 6.20 Å². The lowest BCUT2D eigenvalue weighted by molar-refractivity contribution is -0.131. The summed E-state index contributed by atoms with van der Waals surface area (Å²) in [5, 5.41) is 2.76. The molecule has 8 heteroatoms. The Morgan fingerprint density at radius 2 is 2.17 bits per heavy atom. The number of anilines is 1. The highest BCUT2D eigenvalue weighted by Crippen LogP contribution is 2.25. The first-order chi connectivity index (χ1) is 8.37. The van der Waals surface area contributed by atoms with Crippen molar-refractivity contribution in [1.82, 2.24) is 9.38 Å². The number of pyridine rings is 1. The van der Waals surface area contributed by atoms with Crippen LogP contribution in [0.5, 0.6) is 0 Å². The van der Waals surface area contributed by atoms with Gasteiger partial charge in [0.05, 0.1) is 18.3 Å². The van der Waals surface area contributed by atoms with Gasteiger partial charge in [0.25, 0.3) is 0 Å². The van der Waals surface area contributed by atoms with E-state index < -0.39 is 12.6 Å². The summed E-state index contributed by atoms with van der Waals surface area (Å²) in [6, 6.07) is 1.72. The summed E-state index contributed by atoms with van der Waals surface area (Å²) >= 11 is 5.43. The van der Waals surface area contributed by atoms with Crippen LogP contribution in [0.1, 0.15) is 6.42 Å². The lowest BCUT2D eigenvalue weighted by Crippen LogP contribution is -2.15. The van der Waals surface area contributed by atoms with Gasteiger partial charge in [-0.05, 0) is 44.6 Å². The highest BCUT2D eigenvalue weighted by molar-refractivity contribution is 14.1. The van der Waals surface area contributed by atoms with Gasteiger partial charge in [-0.1, -0.05) is 0 Å². The molecule has 0 bridgehead atoms. The van der Waals surface area contributed by atoms with Gasteiger partial charge in [-0.2, -0.15) is 13.2 Å². The van der Waals surface area contributed by atoms with Gasteiger partial charge in [0.1, 0.15) is 3.70 Å². The van der Waals surface area contributed by atoms with Gasteiger partial charge in [0.2, 0.25) is 0 Å². The van der Waals surface area contributed by atoms with Gasteiger partial charge in [-0.25, -0.2) is 4.98 Å². The molecule has 2 rings (SSSR count). The Hall–Kier alpha value is -0.510. The van der Waals surface area contributed by atoms with E-state index >= 15 is 0 Å². The lowest BCUT2D eigenvalue weighted by atomic mass is 10.3. The smallest absolute Gasteiger partial charge is 0.382 e. The molecule has 0 aliphatic heterocycles. The molecule has 18 heavy (non-hydrogen) atoms. The summed E-state index contributed by atoms with van der Waals surface area (Å²) in [5.74, 6) is 0. The van der Waals surface area contributed by atoms with Crippen LogP contribution >= 0.6 is 38.5 Å². The molecular weight excluding hydrogens is 426 g/mol. The van der Waals surface area contributed by atoms with Crippen LogP contribution in [-0.2, 0) is 0 Å². The normalized spacial score (nSPS) is 12.1. The Morgan fingerprint density at radius 1 is 1.44 bits per heavy atom. The van der Waals surface area contributed by atoms with Crippen LogP contribution in [0.15, 0.2) is 22.9 Å². The second-order valence-electron chi connectivity index (χ2n) is 3.64. The summed E-state index contributed by atoms with van der Waals surface area (Å²) in [7, 11) is 0. The summed E-state index contributed by atoms with van der Waals surface area (Å²) in [6.45, 7) is -0.168. The monoisotopic (exact) mass is 433 g/mol. The number of imidazole rings is 1. The third-order valence-corrected chi connectivity index (χ3v) is 3.48. The van der Waals surface area contributed by atoms with Crippen molar-refractivity contribution in [2.45, 2.75) is 12.6 Å². The molecule has 2 heterocycles. The van der Waals surface area contributed by atoms with Crippen molar-refractivity contribution < 1.29 is 13.2 Å². The van der Waals surface area contributed by atoms with Crippen molar-refractivity contribution in [1.29, 1.82) is 0 Å². The molecule has 1 N–H and O–H groups in total. The number of hydrogen-bond acceptors (Lipinski definition) is 2. The van der Waals surface area contributed by atoms with Crippen molar-refractivity contribution in [3.05, 3.63) is 26.6 Å². The summed E-state index contributed by atoms with van der Waals surface area (Å²) < 4.78 is 39.7. The molecule has 0 saturated heterocycles. The number of fused-ring (bicyclic) bond motifs is 1. The van der Waals surface area contributed by atoms with Crippen LogP contribution in [0.2, 0.25) is 0 Å². The van der Waals surface area contributed by atoms with Crippen LogP contribution in [0.25, 0.3) is 5.65 Å². The van der Waals surface area contributed by atoms with E-state index in [1.165, 1.54) is 0 Å². The molecule has 0 atom stereocenters. The number of hydrogen-bond donors (Lipinski definition) is 1. The zero-order valence-corrected chi connectivity index (χ0v) is 12.7. The van der Waals surface area contributed by atoms with Crippen LogP contribution in [0.4, 0.5) is 18.9 Å². The fourth-order valence-electron chi connectivity index (χ4n) is 1.49. The number of nitrogens with one attached hydrogen (secondary N) is 1. The molecule has 0 unspecified atom stereocenters. The second kappa shape index (κ2) is 5.24. The fraction of sp³-hybridized carbons (Fsp3) is 0.300. The quantitative estimate of drug-likeness (QED) is 0.739. The van der Waals surface area contributed by atoms with E-state index in [-0.39, 0.29) is 6.54 Å². The van der Waals surface area contributed by atoms with Crippen LogP contribution in [-0.4, -0.2) is 22.1 Å². The largest absolute Gasteiger partial charge is 0.390 e. The highest BCUT2D eigenvalue weighted by atomic mass is 127. The van der Waals surface area contributed by atoms with Gasteiger partial charge in [0, 0.05) is 17.2 Å². The van der Waals surface area contributed by atoms with Gasteiger partial charge in [-0.3, -0.25) is 4.40 Å². The standard InChI is InChI=1S/C10H8BrF3IN3/c11-6-3-7(16-2-1-10(12,13)14)9-17-4-8(15)18(9)5-6/h3-5,16H,1-2H2. The molecule has 3 nitrogen and oxygen atoms in total. The van der Waals surface area contributed by atoms with Crippen LogP contribution in [0, 0.1) is 3.70 Å². The Labute approximate surface area is 123 Å². The molecule has 0 aliphatic carbocycles. The van der Waals surface area contributed by atoms with Crippen molar-refractivity contribution in [3.63, 3.8) is 0 Å². The predicted octanol–water partition coefficient (Wildman–Crippen LogP) is 4.07. The third-order valence-electron chi connectivity index (χ3n) is 2.25. The number of nitrogens with zero attached hydrogens (tertiary/aromatic N) is 2.